The van der Waals surface area contributed by atoms with Gasteiger partial charge in [0.05, 0.1) is 18.3 Å². The Morgan fingerprint density at radius 2 is 1.96 bits per heavy atom. The molecular formula is C16H22N4O2S. The summed E-state index contributed by atoms with van der Waals surface area (Å²) in [6, 6.07) is 9.48. The van der Waals surface area contributed by atoms with Gasteiger partial charge in [-0.1, -0.05) is 43.7 Å². The first-order valence-electron chi connectivity index (χ1n) is 8.02. The summed E-state index contributed by atoms with van der Waals surface area (Å²) in [7, 11) is -3.24. The van der Waals surface area contributed by atoms with Crippen molar-refractivity contribution in [3.8, 4) is 11.4 Å². The van der Waals surface area contributed by atoms with Gasteiger partial charge in [-0.25, -0.2) is 18.1 Å². The molecule has 7 heteroatoms. The van der Waals surface area contributed by atoms with Gasteiger partial charge in [-0.15, -0.1) is 0 Å². The molecule has 0 saturated carbocycles. The van der Waals surface area contributed by atoms with Gasteiger partial charge >= 0.3 is 0 Å². The zero-order chi connectivity index (χ0) is 16.4. The number of unbranched alkanes of at least 4 members (excludes halogenated alkanes) is 1. The van der Waals surface area contributed by atoms with Crippen molar-refractivity contribution in [3.63, 3.8) is 0 Å². The Morgan fingerprint density at radius 1 is 1.22 bits per heavy atom. The lowest BCUT2D eigenvalue weighted by Crippen LogP contribution is -2.42. The lowest BCUT2D eigenvalue weighted by molar-refractivity contribution is 0.265. The molecule has 0 unspecified atom stereocenters. The van der Waals surface area contributed by atoms with Crippen LogP contribution in [-0.2, 0) is 16.6 Å². The average molecular weight is 334 g/mol. The second-order valence-corrected chi connectivity index (χ2v) is 7.88. The van der Waals surface area contributed by atoms with E-state index in [9.17, 15) is 8.42 Å². The number of sulfonamides is 1. The highest BCUT2D eigenvalue weighted by atomic mass is 32.2. The second-order valence-electron chi connectivity index (χ2n) is 5.84. The van der Waals surface area contributed by atoms with E-state index in [1.54, 1.807) is 4.31 Å². The van der Waals surface area contributed by atoms with Crippen LogP contribution in [0.15, 0.2) is 30.3 Å². The van der Waals surface area contributed by atoms with Crippen LogP contribution < -0.4 is 0 Å². The maximum Gasteiger partial charge on any atom is 0.214 e. The summed E-state index contributed by atoms with van der Waals surface area (Å²) < 4.78 is 28.4. The Hall–Kier alpha value is -1.73. The number of hydrogen-bond acceptors (Lipinski definition) is 4. The molecule has 1 atom stereocenters. The fourth-order valence-electron chi connectivity index (χ4n) is 2.88. The summed E-state index contributed by atoms with van der Waals surface area (Å²) in [6.07, 6.45) is 1.56. The van der Waals surface area contributed by atoms with Crippen LogP contribution in [0, 0.1) is 0 Å². The van der Waals surface area contributed by atoms with E-state index in [1.165, 1.54) is 0 Å². The van der Waals surface area contributed by atoms with E-state index >= 15 is 0 Å². The first-order chi connectivity index (χ1) is 11.0. The van der Waals surface area contributed by atoms with Crippen LogP contribution in [0.3, 0.4) is 0 Å². The molecule has 0 radical (unpaired) electrons. The topological polar surface area (TPSA) is 68.1 Å². The quantitative estimate of drug-likeness (QED) is 0.842. The molecule has 0 spiro atoms. The Labute approximate surface area is 137 Å². The minimum atomic E-state index is -3.24. The Bertz CT molecular complexity index is 771. The first kappa shape index (κ1) is 16.1. The average Bonchev–Trinajstić information content (AvgIpc) is 2.99. The van der Waals surface area contributed by atoms with Crippen molar-refractivity contribution in [2.75, 3.05) is 12.3 Å². The van der Waals surface area contributed by atoms with E-state index in [1.807, 2.05) is 48.9 Å². The molecule has 1 aliphatic rings. The smallest absolute Gasteiger partial charge is 0.214 e. The van der Waals surface area contributed by atoms with Gasteiger partial charge in [0.1, 0.15) is 5.82 Å². The first-order valence-corrected chi connectivity index (χ1v) is 9.63. The minimum Gasteiger partial charge on any atom is -0.246 e. The Morgan fingerprint density at radius 3 is 2.65 bits per heavy atom. The van der Waals surface area contributed by atoms with E-state index in [2.05, 4.69) is 10.1 Å². The van der Waals surface area contributed by atoms with Crippen molar-refractivity contribution in [3.05, 3.63) is 36.2 Å². The van der Waals surface area contributed by atoms with E-state index in [4.69, 9.17) is 0 Å². The van der Waals surface area contributed by atoms with Crippen LogP contribution in [0.1, 0.15) is 38.6 Å². The molecule has 124 valence electrons. The summed E-state index contributed by atoms with van der Waals surface area (Å²) in [5.41, 5.74) is 0.946. The largest absolute Gasteiger partial charge is 0.246 e. The van der Waals surface area contributed by atoms with Gasteiger partial charge in [0.25, 0.3) is 0 Å². The van der Waals surface area contributed by atoms with Crippen molar-refractivity contribution in [1.29, 1.82) is 0 Å². The van der Waals surface area contributed by atoms with Gasteiger partial charge in [-0.2, -0.15) is 9.40 Å². The summed E-state index contributed by atoms with van der Waals surface area (Å²) in [6.45, 7) is 4.89. The Kier molecular flexibility index (Phi) is 4.50. The molecule has 2 aromatic rings. The van der Waals surface area contributed by atoms with Crippen molar-refractivity contribution in [1.82, 2.24) is 19.1 Å². The molecule has 3 rings (SSSR count). The fraction of sp³-hybridized carbons (Fsp3) is 0.500. The van der Waals surface area contributed by atoms with Gasteiger partial charge in [0, 0.05) is 12.1 Å². The number of aromatic nitrogens is 3. The molecular weight excluding hydrogens is 312 g/mol. The molecule has 0 amide bonds. The van der Waals surface area contributed by atoms with Crippen molar-refractivity contribution in [2.45, 2.75) is 39.3 Å². The van der Waals surface area contributed by atoms with Crippen LogP contribution in [0.25, 0.3) is 11.4 Å². The molecule has 1 aromatic heterocycles. The number of nitrogens with zero attached hydrogens (tertiary/aromatic N) is 4. The van der Waals surface area contributed by atoms with E-state index in [0.29, 0.717) is 25.3 Å². The predicted octanol–water partition coefficient (Wildman–Crippen LogP) is 2.45. The summed E-state index contributed by atoms with van der Waals surface area (Å²) in [5, 5.41) is 4.53. The lowest BCUT2D eigenvalue weighted by Gasteiger charge is -2.31. The van der Waals surface area contributed by atoms with Gasteiger partial charge in [-0.05, 0) is 13.3 Å². The summed E-state index contributed by atoms with van der Waals surface area (Å²) in [5.74, 6) is 1.57. The minimum absolute atomic E-state index is 0.202. The van der Waals surface area contributed by atoms with Crippen LogP contribution in [0.2, 0.25) is 0 Å². The molecule has 1 aliphatic heterocycles. The zero-order valence-electron chi connectivity index (χ0n) is 13.5. The maximum absolute atomic E-state index is 12.5. The molecule has 23 heavy (non-hydrogen) atoms. The zero-order valence-corrected chi connectivity index (χ0v) is 14.3. The molecule has 6 nitrogen and oxygen atoms in total. The highest BCUT2D eigenvalue weighted by Gasteiger charge is 2.34. The third-order valence-corrected chi connectivity index (χ3v) is 6.20. The second kappa shape index (κ2) is 6.41. The SMILES string of the molecule is CCCCS(=O)(=O)N1CCn2nc(-c3ccccc3)nc2[C@@H]1C. The highest BCUT2D eigenvalue weighted by molar-refractivity contribution is 7.89. The predicted molar refractivity (Wildman–Crippen MR) is 89.3 cm³/mol. The van der Waals surface area contributed by atoms with Crippen molar-refractivity contribution >= 4 is 10.0 Å². The number of fused-ring (bicyclic) bond motifs is 1. The monoisotopic (exact) mass is 334 g/mol. The number of rotatable bonds is 5. The fourth-order valence-corrected chi connectivity index (χ4v) is 4.70. The van der Waals surface area contributed by atoms with Crippen molar-refractivity contribution < 1.29 is 8.42 Å². The molecule has 0 fully saturated rings. The van der Waals surface area contributed by atoms with E-state index in [0.717, 1.165) is 17.8 Å². The molecule has 0 aliphatic carbocycles. The van der Waals surface area contributed by atoms with E-state index < -0.39 is 10.0 Å². The summed E-state index contributed by atoms with van der Waals surface area (Å²) >= 11 is 0. The summed E-state index contributed by atoms with van der Waals surface area (Å²) in [4.78, 5) is 4.59. The third kappa shape index (κ3) is 3.16. The molecule has 0 bridgehead atoms. The highest BCUT2D eigenvalue weighted by Crippen LogP contribution is 2.28. The van der Waals surface area contributed by atoms with Gasteiger partial charge < -0.3 is 0 Å². The standard InChI is InChI=1S/C16H22N4O2S/c1-3-4-12-23(21,22)20-11-10-19-16(13(20)2)17-15(18-19)14-8-6-5-7-9-14/h5-9,13H,3-4,10-12H2,1-2H3/t13-/m0/s1. The number of benzene rings is 1. The maximum atomic E-state index is 12.5. The molecule has 0 N–H and O–H groups in total. The van der Waals surface area contributed by atoms with Crippen LogP contribution in [0.4, 0.5) is 0 Å². The normalized spacial score (nSPS) is 18.8. The van der Waals surface area contributed by atoms with Crippen LogP contribution >= 0.6 is 0 Å². The van der Waals surface area contributed by atoms with Crippen LogP contribution in [-0.4, -0.2) is 39.8 Å². The molecule has 1 aromatic carbocycles. The lowest BCUT2D eigenvalue weighted by atomic mass is 10.2. The Balaban J connectivity index is 1.89. The van der Waals surface area contributed by atoms with E-state index in [-0.39, 0.29) is 11.8 Å². The number of hydrogen-bond donors (Lipinski definition) is 0. The third-order valence-electron chi connectivity index (χ3n) is 4.18. The molecule has 0 saturated heterocycles. The van der Waals surface area contributed by atoms with Crippen LogP contribution in [0.5, 0.6) is 0 Å². The van der Waals surface area contributed by atoms with Gasteiger partial charge in [0.2, 0.25) is 10.0 Å². The van der Waals surface area contributed by atoms with Crippen molar-refractivity contribution in [2.24, 2.45) is 0 Å². The van der Waals surface area contributed by atoms with Gasteiger partial charge in [0.15, 0.2) is 5.82 Å². The molecule has 2 heterocycles. The van der Waals surface area contributed by atoms with Gasteiger partial charge in [-0.3, -0.25) is 0 Å².